The van der Waals surface area contributed by atoms with E-state index in [9.17, 15) is 5.11 Å². The first-order valence-electron chi connectivity index (χ1n) is 6.93. The highest BCUT2D eigenvalue weighted by atomic mass is 16.5. The van der Waals surface area contributed by atoms with E-state index in [2.05, 4.69) is 24.4 Å². The number of hydrogen-bond acceptors (Lipinski definition) is 3. The second-order valence-corrected chi connectivity index (χ2v) is 4.77. The molecule has 0 saturated heterocycles. The molecular weight excluding hydrogens is 250 g/mol. The highest BCUT2D eigenvalue weighted by Crippen LogP contribution is 2.18. The molecule has 0 aromatic heterocycles. The van der Waals surface area contributed by atoms with Crippen LogP contribution >= 0.6 is 0 Å². The molecule has 0 aliphatic heterocycles. The monoisotopic (exact) mass is 271 g/mol. The van der Waals surface area contributed by atoms with Gasteiger partial charge in [-0.2, -0.15) is 0 Å². The molecule has 2 rings (SSSR count). The first kappa shape index (κ1) is 14.4. The summed E-state index contributed by atoms with van der Waals surface area (Å²) >= 11 is 0. The van der Waals surface area contributed by atoms with E-state index in [4.69, 9.17) is 4.74 Å². The molecule has 2 N–H and O–H groups in total. The third kappa shape index (κ3) is 4.00. The zero-order valence-electron chi connectivity index (χ0n) is 12.0. The lowest BCUT2D eigenvalue weighted by Crippen LogP contribution is -2.18. The van der Waals surface area contributed by atoms with Crippen molar-refractivity contribution in [2.75, 3.05) is 6.61 Å². The molecule has 0 amide bonds. The van der Waals surface area contributed by atoms with Gasteiger partial charge >= 0.3 is 0 Å². The van der Waals surface area contributed by atoms with Gasteiger partial charge in [0.15, 0.2) is 0 Å². The smallest absolute Gasteiger partial charge is 0.119 e. The fourth-order valence-electron chi connectivity index (χ4n) is 2.06. The average molecular weight is 271 g/mol. The van der Waals surface area contributed by atoms with Gasteiger partial charge in [0.05, 0.1) is 6.61 Å². The second kappa shape index (κ2) is 6.96. The van der Waals surface area contributed by atoms with Gasteiger partial charge in [-0.15, -0.1) is 0 Å². The predicted octanol–water partition coefficient (Wildman–Crippen LogP) is 3.64. The number of benzene rings is 2. The zero-order valence-corrected chi connectivity index (χ0v) is 12.0. The molecule has 2 aromatic rings. The van der Waals surface area contributed by atoms with Crippen molar-refractivity contribution in [3.8, 4) is 11.5 Å². The van der Waals surface area contributed by atoms with Crippen molar-refractivity contribution in [2.45, 2.75) is 26.4 Å². The Hall–Kier alpha value is -2.00. The van der Waals surface area contributed by atoms with Crippen molar-refractivity contribution in [2.24, 2.45) is 0 Å². The van der Waals surface area contributed by atoms with E-state index in [-0.39, 0.29) is 6.04 Å². The van der Waals surface area contributed by atoms with E-state index in [1.807, 2.05) is 31.2 Å². The summed E-state index contributed by atoms with van der Waals surface area (Å²) < 4.78 is 5.50. The molecule has 0 heterocycles. The van der Waals surface area contributed by atoms with E-state index in [1.54, 1.807) is 12.1 Å². The zero-order chi connectivity index (χ0) is 14.4. The minimum Gasteiger partial charge on any atom is -0.508 e. The number of aromatic hydroxyl groups is 1. The number of hydrogen-bond donors (Lipinski definition) is 2. The fourth-order valence-corrected chi connectivity index (χ4v) is 2.06. The van der Waals surface area contributed by atoms with Crippen molar-refractivity contribution < 1.29 is 9.84 Å². The number of phenols is 1. The molecule has 20 heavy (non-hydrogen) atoms. The standard InChI is InChI=1S/C17H21NO2/c1-3-20-17-6-4-5-14(11-17)12-18-13(2)15-7-9-16(19)10-8-15/h4-11,13,18-19H,3,12H2,1-2H3. The quantitative estimate of drug-likeness (QED) is 0.842. The van der Waals surface area contributed by atoms with Crippen LogP contribution in [0.15, 0.2) is 48.5 Å². The Labute approximate surface area is 120 Å². The Kier molecular flexibility index (Phi) is 5.02. The maximum atomic E-state index is 9.29. The van der Waals surface area contributed by atoms with Crippen LogP contribution in [0.1, 0.15) is 31.0 Å². The van der Waals surface area contributed by atoms with Crippen LogP contribution in [0.2, 0.25) is 0 Å². The normalized spacial score (nSPS) is 12.1. The number of ether oxygens (including phenoxy) is 1. The largest absolute Gasteiger partial charge is 0.508 e. The van der Waals surface area contributed by atoms with E-state index in [0.29, 0.717) is 12.4 Å². The van der Waals surface area contributed by atoms with Crippen LogP contribution in [0.3, 0.4) is 0 Å². The van der Waals surface area contributed by atoms with Gasteiger partial charge in [0.25, 0.3) is 0 Å². The molecule has 1 unspecified atom stereocenters. The van der Waals surface area contributed by atoms with E-state index >= 15 is 0 Å². The summed E-state index contributed by atoms with van der Waals surface area (Å²) in [6.07, 6.45) is 0. The molecule has 106 valence electrons. The van der Waals surface area contributed by atoms with Crippen molar-refractivity contribution in [1.82, 2.24) is 5.32 Å². The molecule has 1 atom stereocenters. The maximum absolute atomic E-state index is 9.29. The molecule has 0 fully saturated rings. The number of phenolic OH excluding ortho intramolecular Hbond substituents is 1. The van der Waals surface area contributed by atoms with Gasteiger partial charge < -0.3 is 15.2 Å². The Morgan fingerprint density at radius 2 is 1.90 bits per heavy atom. The lowest BCUT2D eigenvalue weighted by Gasteiger charge is -2.15. The first-order chi connectivity index (χ1) is 9.69. The molecule has 0 spiro atoms. The third-order valence-corrected chi connectivity index (χ3v) is 3.21. The van der Waals surface area contributed by atoms with Crippen molar-refractivity contribution in [3.05, 3.63) is 59.7 Å². The van der Waals surface area contributed by atoms with Crippen molar-refractivity contribution in [1.29, 1.82) is 0 Å². The summed E-state index contributed by atoms with van der Waals surface area (Å²) in [5.41, 5.74) is 2.35. The van der Waals surface area contributed by atoms with E-state index < -0.39 is 0 Å². The van der Waals surface area contributed by atoms with Crippen molar-refractivity contribution in [3.63, 3.8) is 0 Å². The lowest BCUT2D eigenvalue weighted by molar-refractivity contribution is 0.339. The summed E-state index contributed by atoms with van der Waals surface area (Å²) in [4.78, 5) is 0. The van der Waals surface area contributed by atoms with Gasteiger partial charge in [-0.3, -0.25) is 0 Å². The van der Waals surface area contributed by atoms with Gasteiger partial charge in [0.2, 0.25) is 0 Å². The van der Waals surface area contributed by atoms with Crippen LogP contribution in [0.25, 0.3) is 0 Å². The van der Waals surface area contributed by atoms with Crippen molar-refractivity contribution >= 4 is 0 Å². The number of nitrogens with one attached hydrogen (secondary N) is 1. The van der Waals surface area contributed by atoms with E-state index in [1.165, 1.54) is 5.56 Å². The molecule has 0 aliphatic carbocycles. The highest BCUT2D eigenvalue weighted by Gasteiger charge is 2.05. The van der Waals surface area contributed by atoms with Gasteiger partial charge in [-0.05, 0) is 49.2 Å². The summed E-state index contributed by atoms with van der Waals surface area (Å²) in [6, 6.07) is 15.6. The Bertz CT molecular complexity index is 537. The lowest BCUT2D eigenvalue weighted by atomic mass is 10.1. The summed E-state index contributed by atoms with van der Waals surface area (Å²) in [7, 11) is 0. The minimum atomic E-state index is 0.228. The summed E-state index contributed by atoms with van der Waals surface area (Å²) in [5.74, 6) is 1.20. The second-order valence-electron chi connectivity index (χ2n) is 4.77. The molecule has 0 saturated carbocycles. The van der Waals surface area contributed by atoms with Crippen LogP contribution in [0, 0.1) is 0 Å². The van der Waals surface area contributed by atoms with Crippen LogP contribution in [-0.2, 0) is 6.54 Å². The Morgan fingerprint density at radius 3 is 2.60 bits per heavy atom. The minimum absolute atomic E-state index is 0.228. The first-order valence-corrected chi connectivity index (χ1v) is 6.93. The van der Waals surface area contributed by atoms with Crippen LogP contribution < -0.4 is 10.1 Å². The van der Waals surface area contributed by atoms with Crippen LogP contribution in [-0.4, -0.2) is 11.7 Å². The van der Waals surface area contributed by atoms with Gasteiger partial charge in [0.1, 0.15) is 11.5 Å². The average Bonchev–Trinajstić information content (AvgIpc) is 2.46. The molecule has 0 bridgehead atoms. The molecule has 0 aliphatic rings. The molecule has 2 aromatic carbocycles. The Balaban J connectivity index is 1.94. The maximum Gasteiger partial charge on any atom is 0.119 e. The highest BCUT2D eigenvalue weighted by molar-refractivity contribution is 5.30. The molecule has 0 radical (unpaired) electrons. The molecule has 3 heteroatoms. The summed E-state index contributed by atoms with van der Waals surface area (Å²) in [6.45, 7) is 5.56. The summed E-state index contributed by atoms with van der Waals surface area (Å²) in [5, 5.41) is 12.8. The molecule has 3 nitrogen and oxygen atoms in total. The van der Waals surface area contributed by atoms with Gasteiger partial charge in [-0.1, -0.05) is 24.3 Å². The number of rotatable bonds is 6. The van der Waals surface area contributed by atoms with Crippen LogP contribution in [0.4, 0.5) is 0 Å². The predicted molar refractivity (Wildman–Crippen MR) is 81.0 cm³/mol. The van der Waals surface area contributed by atoms with Gasteiger partial charge in [0, 0.05) is 12.6 Å². The van der Waals surface area contributed by atoms with Gasteiger partial charge in [-0.25, -0.2) is 0 Å². The topological polar surface area (TPSA) is 41.5 Å². The fraction of sp³-hybridized carbons (Fsp3) is 0.294. The SMILES string of the molecule is CCOc1cccc(CNC(C)c2ccc(O)cc2)c1. The molecular formula is C17H21NO2. The third-order valence-electron chi connectivity index (χ3n) is 3.21. The van der Waals surface area contributed by atoms with E-state index in [0.717, 1.165) is 17.9 Å². The Morgan fingerprint density at radius 1 is 1.15 bits per heavy atom. The van der Waals surface area contributed by atoms with Crippen LogP contribution in [0.5, 0.6) is 11.5 Å².